The molecule has 1 aliphatic carbocycles. The van der Waals surface area contributed by atoms with Crippen LogP contribution in [0.1, 0.15) is 32.1 Å². The van der Waals surface area contributed by atoms with Crippen LogP contribution in [0.5, 0.6) is 0 Å². The molecule has 8 nitrogen and oxygen atoms in total. The first kappa shape index (κ1) is 18.4. The molecule has 2 aromatic heterocycles. The number of thiazole rings is 1. The molecule has 1 saturated carbocycles. The lowest BCUT2D eigenvalue weighted by Gasteiger charge is -2.46. The van der Waals surface area contributed by atoms with Gasteiger partial charge in [-0.3, -0.25) is 10.1 Å². The number of hydrogen-bond donors (Lipinski definition) is 2. The van der Waals surface area contributed by atoms with E-state index in [0.717, 1.165) is 29.7 Å². The maximum Gasteiger partial charge on any atom is 0.324 e. The number of hydrogen-bond acceptors (Lipinski definition) is 6. The normalized spacial score (nSPS) is 25.6. The van der Waals surface area contributed by atoms with Crippen molar-refractivity contribution in [3.8, 4) is 11.4 Å². The molecule has 3 saturated heterocycles. The minimum Gasteiger partial charge on any atom is -0.368 e. The van der Waals surface area contributed by atoms with Crippen molar-refractivity contribution in [2.75, 3.05) is 23.3 Å². The van der Waals surface area contributed by atoms with Gasteiger partial charge in [0, 0.05) is 24.5 Å². The number of urea groups is 1. The third-order valence-corrected chi connectivity index (χ3v) is 7.09. The number of anilines is 2. The monoisotopic (exact) mass is 412 g/mol. The lowest BCUT2D eigenvalue weighted by atomic mass is 9.80. The molecule has 4 fully saturated rings. The van der Waals surface area contributed by atoms with Gasteiger partial charge in [-0.25, -0.2) is 14.8 Å². The average Bonchev–Trinajstić information content (AvgIpc) is 3.16. The summed E-state index contributed by atoms with van der Waals surface area (Å²) in [5.41, 5.74) is 6.86. The molecule has 1 atom stereocenters. The van der Waals surface area contributed by atoms with E-state index in [4.69, 9.17) is 10.7 Å². The van der Waals surface area contributed by atoms with E-state index in [1.54, 1.807) is 0 Å². The van der Waals surface area contributed by atoms with Crippen molar-refractivity contribution in [1.29, 1.82) is 0 Å². The molecular weight excluding hydrogens is 388 g/mol. The number of nitrogens with zero attached hydrogens (tertiary/aromatic N) is 4. The topological polar surface area (TPSA) is 104 Å². The number of aromatic nitrogens is 2. The molecule has 0 aromatic carbocycles. The van der Waals surface area contributed by atoms with Crippen molar-refractivity contribution in [1.82, 2.24) is 14.9 Å². The molecular formula is C20H24N6O2S. The number of pyridine rings is 1. The highest BCUT2D eigenvalue weighted by molar-refractivity contribution is 7.14. The number of primary amides is 1. The molecule has 4 aliphatic rings. The summed E-state index contributed by atoms with van der Waals surface area (Å²) in [6, 6.07) is 5.79. The number of nitrogens with two attached hydrogens (primary N) is 1. The average molecular weight is 413 g/mol. The highest BCUT2D eigenvalue weighted by Gasteiger charge is 2.37. The number of likely N-dealkylation sites (tertiary alicyclic amines) is 1. The molecule has 3 aliphatic heterocycles. The molecule has 5 heterocycles. The van der Waals surface area contributed by atoms with Gasteiger partial charge in [0.2, 0.25) is 5.91 Å². The van der Waals surface area contributed by atoms with Gasteiger partial charge in [0.15, 0.2) is 5.13 Å². The van der Waals surface area contributed by atoms with Crippen molar-refractivity contribution in [2.45, 2.75) is 44.2 Å². The van der Waals surface area contributed by atoms with Crippen LogP contribution < -0.4 is 16.0 Å². The van der Waals surface area contributed by atoms with Gasteiger partial charge < -0.3 is 15.5 Å². The number of nitrogens with one attached hydrogen (secondary N) is 1. The van der Waals surface area contributed by atoms with Crippen LogP contribution >= 0.6 is 11.3 Å². The highest BCUT2D eigenvalue weighted by atomic mass is 32.1. The summed E-state index contributed by atoms with van der Waals surface area (Å²) in [5.74, 6) is 1.33. The van der Waals surface area contributed by atoms with Crippen molar-refractivity contribution in [3.05, 3.63) is 23.6 Å². The number of amides is 3. The van der Waals surface area contributed by atoms with Crippen LogP contribution in [-0.2, 0) is 4.79 Å². The highest BCUT2D eigenvalue weighted by Crippen LogP contribution is 2.37. The zero-order chi connectivity index (χ0) is 20.0. The van der Waals surface area contributed by atoms with Crippen LogP contribution in [0, 0.1) is 5.92 Å². The minimum atomic E-state index is -0.521. The van der Waals surface area contributed by atoms with E-state index < -0.39 is 11.9 Å². The second-order valence-electron chi connectivity index (χ2n) is 8.08. The minimum absolute atomic E-state index is 0.341. The number of fused-ring (bicyclic) bond motifs is 3. The van der Waals surface area contributed by atoms with Gasteiger partial charge in [-0.2, -0.15) is 0 Å². The van der Waals surface area contributed by atoms with E-state index in [1.807, 2.05) is 17.5 Å². The molecule has 29 heavy (non-hydrogen) atoms. The van der Waals surface area contributed by atoms with Gasteiger partial charge in [0.05, 0.1) is 5.69 Å². The first-order valence-electron chi connectivity index (χ1n) is 10.1. The van der Waals surface area contributed by atoms with Crippen LogP contribution in [-0.4, -0.2) is 52.0 Å². The Morgan fingerprint density at radius 2 is 1.93 bits per heavy atom. The fourth-order valence-electron chi connectivity index (χ4n) is 4.61. The summed E-state index contributed by atoms with van der Waals surface area (Å²) in [7, 11) is 0. The van der Waals surface area contributed by atoms with Gasteiger partial charge in [-0.15, -0.1) is 11.3 Å². The third-order valence-electron chi connectivity index (χ3n) is 6.33. The molecule has 2 aromatic rings. The Kier molecular flexibility index (Phi) is 4.61. The van der Waals surface area contributed by atoms with Gasteiger partial charge in [0.25, 0.3) is 0 Å². The third kappa shape index (κ3) is 3.43. The lowest BCUT2D eigenvalue weighted by Crippen LogP contribution is -2.58. The Labute approximate surface area is 173 Å². The predicted octanol–water partition coefficient (Wildman–Crippen LogP) is 2.68. The Balaban J connectivity index is 1.29. The molecule has 3 amide bonds. The number of carbonyl (C=O) groups is 2. The van der Waals surface area contributed by atoms with Crippen LogP contribution in [0.25, 0.3) is 11.4 Å². The Hall–Kier alpha value is -2.68. The van der Waals surface area contributed by atoms with Crippen LogP contribution in [0.4, 0.5) is 15.7 Å². The fraction of sp³-hybridized carbons (Fsp3) is 0.500. The lowest BCUT2D eigenvalue weighted by molar-refractivity contribution is -0.125. The Morgan fingerprint density at radius 1 is 1.10 bits per heavy atom. The summed E-state index contributed by atoms with van der Waals surface area (Å²) in [6.07, 6.45) is 5.80. The molecule has 1 unspecified atom stereocenters. The van der Waals surface area contributed by atoms with Crippen molar-refractivity contribution in [2.24, 2.45) is 11.7 Å². The summed E-state index contributed by atoms with van der Waals surface area (Å²) in [6.45, 7) is 1.62. The first-order chi connectivity index (χ1) is 14.1. The largest absolute Gasteiger partial charge is 0.368 e. The van der Waals surface area contributed by atoms with Crippen molar-refractivity contribution < 1.29 is 9.59 Å². The molecule has 152 valence electrons. The van der Waals surface area contributed by atoms with E-state index in [2.05, 4.69) is 21.3 Å². The molecule has 9 heteroatoms. The zero-order valence-electron chi connectivity index (χ0n) is 16.1. The maximum absolute atomic E-state index is 12.3. The first-order valence-corrected chi connectivity index (χ1v) is 11.0. The van der Waals surface area contributed by atoms with E-state index >= 15 is 0 Å². The van der Waals surface area contributed by atoms with Gasteiger partial charge in [0.1, 0.15) is 17.6 Å². The fourth-order valence-corrected chi connectivity index (χ4v) is 5.31. The molecule has 3 N–H and O–H groups in total. The summed E-state index contributed by atoms with van der Waals surface area (Å²) >= 11 is 1.35. The van der Waals surface area contributed by atoms with E-state index in [9.17, 15) is 9.59 Å². The number of carbonyl (C=O) groups excluding carboxylic acids is 2. The van der Waals surface area contributed by atoms with Crippen molar-refractivity contribution >= 4 is 34.2 Å². The van der Waals surface area contributed by atoms with Crippen LogP contribution in [0.2, 0.25) is 0 Å². The standard InChI is InChI=1S/C20H24N6O2S/c21-18(27)16-8-9-25(16)20(28)24-19-23-15(11-29-19)14-2-1-3-17(22-14)26-10-12-4-6-13(26)7-5-12/h1-3,11-13,16H,4-10H2,(H2,21,27)(H,23,24,28). The van der Waals surface area contributed by atoms with Crippen LogP contribution in [0.3, 0.4) is 0 Å². The second-order valence-corrected chi connectivity index (χ2v) is 8.93. The van der Waals surface area contributed by atoms with E-state index in [-0.39, 0.29) is 6.03 Å². The Morgan fingerprint density at radius 3 is 2.59 bits per heavy atom. The molecule has 2 bridgehead atoms. The number of rotatable bonds is 4. The summed E-state index contributed by atoms with van der Waals surface area (Å²) in [5, 5.41) is 5.15. The number of piperidine rings is 2. The predicted molar refractivity (Wildman–Crippen MR) is 112 cm³/mol. The smallest absolute Gasteiger partial charge is 0.324 e. The molecule has 6 rings (SSSR count). The second kappa shape index (κ2) is 7.29. The van der Waals surface area contributed by atoms with E-state index in [1.165, 1.54) is 41.9 Å². The quantitative estimate of drug-likeness (QED) is 0.803. The van der Waals surface area contributed by atoms with Crippen LogP contribution in [0.15, 0.2) is 23.6 Å². The Bertz CT molecular complexity index is 939. The molecule has 0 spiro atoms. The summed E-state index contributed by atoms with van der Waals surface area (Å²) in [4.78, 5) is 36.9. The molecule has 0 radical (unpaired) electrons. The summed E-state index contributed by atoms with van der Waals surface area (Å²) < 4.78 is 0. The zero-order valence-corrected chi connectivity index (χ0v) is 16.9. The van der Waals surface area contributed by atoms with E-state index in [0.29, 0.717) is 24.1 Å². The maximum atomic E-state index is 12.3. The van der Waals surface area contributed by atoms with Crippen molar-refractivity contribution in [3.63, 3.8) is 0 Å². The van der Waals surface area contributed by atoms with Gasteiger partial charge >= 0.3 is 6.03 Å². The SMILES string of the molecule is NC(=O)C1CCN1C(=O)Nc1nc(-c2cccc(N3CC4CCC3CC4)n2)cs1. The van der Waals surface area contributed by atoms with Gasteiger partial charge in [-0.05, 0) is 50.2 Å². The van der Waals surface area contributed by atoms with Gasteiger partial charge in [-0.1, -0.05) is 6.07 Å².